The Hall–Kier alpha value is -0.710. The number of nitrogens with two attached hydrogens (primary N) is 1. The van der Waals surface area contributed by atoms with E-state index in [0.29, 0.717) is 15.9 Å². The molecule has 1 heterocycles. The summed E-state index contributed by atoms with van der Waals surface area (Å²) in [5, 5.41) is 5.47. The van der Waals surface area contributed by atoms with Crippen molar-refractivity contribution in [2.24, 2.45) is 0 Å². The Labute approximate surface area is 124 Å². The Morgan fingerprint density at radius 3 is 2.61 bits per heavy atom. The quantitative estimate of drug-likeness (QED) is 0.871. The maximum absolute atomic E-state index is 6.21. The molecule has 0 bridgehead atoms. The van der Waals surface area contributed by atoms with Gasteiger partial charge >= 0.3 is 0 Å². The lowest BCUT2D eigenvalue weighted by atomic mass is 10.1. The Balaban J connectivity index is 2.51. The number of aryl methyl sites for hydroxylation is 1. The molecule has 0 spiro atoms. The van der Waals surface area contributed by atoms with Gasteiger partial charge in [0.15, 0.2) is 0 Å². The molecule has 1 unspecified atom stereocenters. The van der Waals surface area contributed by atoms with Crippen LogP contribution in [0.4, 0.5) is 5.82 Å². The third-order valence-electron chi connectivity index (χ3n) is 2.85. The third kappa shape index (κ3) is 2.25. The molecule has 6 heteroatoms. The highest BCUT2D eigenvalue weighted by Gasteiger charge is 2.19. The van der Waals surface area contributed by atoms with Gasteiger partial charge in [0.05, 0.1) is 26.3 Å². The SMILES string of the molecule is Cc1nn(C(C)c2cccc(Cl)c2Cl)c(N)c1Br. The van der Waals surface area contributed by atoms with Gasteiger partial charge in [-0.3, -0.25) is 0 Å². The second kappa shape index (κ2) is 5.11. The van der Waals surface area contributed by atoms with Crippen LogP contribution in [-0.2, 0) is 0 Å². The maximum Gasteiger partial charge on any atom is 0.137 e. The zero-order valence-electron chi connectivity index (χ0n) is 9.92. The summed E-state index contributed by atoms with van der Waals surface area (Å²) in [6, 6.07) is 5.46. The van der Waals surface area contributed by atoms with Crippen LogP contribution < -0.4 is 5.73 Å². The van der Waals surface area contributed by atoms with Crippen LogP contribution in [0.3, 0.4) is 0 Å². The minimum atomic E-state index is -0.0822. The summed E-state index contributed by atoms with van der Waals surface area (Å²) < 4.78 is 2.55. The molecule has 2 aromatic rings. The molecule has 3 nitrogen and oxygen atoms in total. The minimum absolute atomic E-state index is 0.0822. The number of hydrogen-bond acceptors (Lipinski definition) is 2. The normalized spacial score (nSPS) is 12.7. The van der Waals surface area contributed by atoms with Gasteiger partial charge in [-0.05, 0) is 41.4 Å². The number of rotatable bonds is 2. The van der Waals surface area contributed by atoms with E-state index in [9.17, 15) is 0 Å². The predicted octanol–water partition coefficient (Wildman–Crippen LogP) is 4.45. The van der Waals surface area contributed by atoms with Gasteiger partial charge in [0.1, 0.15) is 5.82 Å². The van der Waals surface area contributed by atoms with Crippen LogP contribution in [-0.4, -0.2) is 9.78 Å². The fourth-order valence-electron chi connectivity index (χ4n) is 1.82. The molecule has 0 fully saturated rings. The van der Waals surface area contributed by atoms with Crippen LogP contribution in [0.2, 0.25) is 10.0 Å². The van der Waals surface area contributed by atoms with E-state index in [-0.39, 0.29) is 6.04 Å². The molecule has 0 aliphatic carbocycles. The molecule has 0 saturated carbocycles. The van der Waals surface area contributed by atoms with Crippen molar-refractivity contribution in [1.29, 1.82) is 0 Å². The molecule has 1 atom stereocenters. The molecule has 0 amide bonds. The van der Waals surface area contributed by atoms with Crippen molar-refractivity contribution in [2.45, 2.75) is 19.9 Å². The first-order valence-corrected chi connectivity index (χ1v) is 6.92. The van der Waals surface area contributed by atoms with Crippen LogP contribution in [0.5, 0.6) is 0 Å². The van der Waals surface area contributed by atoms with Gasteiger partial charge in [-0.2, -0.15) is 5.10 Å². The van der Waals surface area contributed by atoms with Crippen LogP contribution in [0.25, 0.3) is 0 Å². The zero-order valence-corrected chi connectivity index (χ0v) is 13.0. The predicted molar refractivity (Wildman–Crippen MR) is 79.4 cm³/mol. The highest BCUT2D eigenvalue weighted by atomic mass is 79.9. The Morgan fingerprint density at radius 2 is 2.06 bits per heavy atom. The molecular formula is C12H12BrCl2N3. The minimum Gasteiger partial charge on any atom is -0.383 e. The topological polar surface area (TPSA) is 43.8 Å². The van der Waals surface area contributed by atoms with Crippen molar-refractivity contribution < 1.29 is 0 Å². The van der Waals surface area contributed by atoms with Gasteiger partial charge < -0.3 is 5.73 Å². The monoisotopic (exact) mass is 347 g/mol. The van der Waals surface area contributed by atoms with Gasteiger partial charge in [0, 0.05) is 0 Å². The number of hydrogen-bond donors (Lipinski definition) is 1. The van der Waals surface area contributed by atoms with E-state index in [1.54, 1.807) is 10.7 Å². The Bertz CT molecular complexity index is 595. The number of aromatic nitrogens is 2. The number of nitrogens with zero attached hydrogens (tertiary/aromatic N) is 2. The molecule has 1 aromatic carbocycles. The number of halogens is 3. The summed E-state index contributed by atoms with van der Waals surface area (Å²) in [5.41, 5.74) is 7.75. The van der Waals surface area contributed by atoms with Gasteiger partial charge in [-0.25, -0.2) is 4.68 Å². The average Bonchev–Trinajstić information content (AvgIpc) is 2.60. The maximum atomic E-state index is 6.21. The fourth-order valence-corrected chi connectivity index (χ4v) is 2.54. The van der Waals surface area contributed by atoms with Crippen LogP contribution in [0, 0.1) is 6.92 Å². The van der Waals surface area contributed by atoms with Gasteiger partial charge in [-0.1, -0.05) is 35.3 Å². The second-order valence-electron chi connectivity index (χ2n) is 4.05. The van der Waals surface area contributed by atoms with Gasteiger partial charge in [-0.15, -0.1) is 0 Å². The lowest BCUT2D eigenvalue weighted by Gasteiger charge is -2.16. The van der Waals surface area contributed by atoms with Crippen LogP contribution in [0.1, 0.15) is 24.2 Å². The molecule has 2 N–H and O–H groups in total. The van der Waals surface area contributed by atoms with E-state index in [0.717, 1.165) is 15.7 Å². The van der Waals surface area contributed by atoms with E-state index < -0.39 is 0 Å². The number of benzene rings is 1. The molecule has 1 aromatic heterocycles. The lowest BCUT2D eigenvalue weighted by Crippen LogP contribution is -2.12. The molecule has 18 heavy (non-hydrogen) atoms. The van der Waals surface area contributed by atoms with E-state index in [4.69, 9.17) is 28.9 Å². The molecule has 0 saturated heterocycles. The summed E-state index contributed by atoms with van der Waals surface area (Å²) in [7, 11) is 0. The summed E-state index contributed by atoms with van der Waals surface area (Å²) >= 11 is 15.6. The first kappa shape index (κ1) is 13.7. The molecule has 0 radical (unpaired) electrons. The highest BCUT2D eigenvalue weighted by Crippen LogP contribution is 2.34. The molecule has 2 rings (SSSR count). The Kier molecular flexibility index (Phi) is 3.90. The van der Waals surface area contributed by atoms with Gasteiger partial charge in [0.2, 0.25) is 0 Å². The average molecular weight is 349 g/mol. The third-order valence-corrected chi connectivity index (χ3v) is 4.66. The number of nitrogen functional groups attached to an aromatic ring is 1. The van der Waals surface area contributed by atoms with E-state index in [2.05, 4.69) is 21.0 Å². The van der Waals surface area contributed by atoms with Crippen molar-refractivity contribution >= 4 is 44.9 Å². The van der Waals surface area contributed by atoms with Gasteiger partial charge in [0.25, 0.3) is 0 Å². The van der Waals surface area contributed by atoms with Crippen molar-refractivity contribution in [2.75, 3.05) is 5.73 Å². The van der Waals surface area contributed by atoms with E-state index in [1.807, 2.05) is 26.0 Å². The zero-order chi connectivity index (χ0) is 13.4. The first-order chi connectivity index (χ1) is 8.43. The van der Waals surface area contributed by atoms with Crippen molar-refractivity contribution in [3.63, 3.8) is 0 Å². The summed E-state index contributed by atoms with van der Waals surface area (Å²) in [6.07, 6.45) is 0. The summed E-state index contributed by atoms with van der Waals surface area (Å²) in [5.74, 6) is 0.580. The number of anilines is 1. The van der Waals surface area contributed by atoms with Crippen molar-refractivity contribution in [1.82, 2.24) is 9.78 Å². The summed E-state index contributed by atoms with van der Waals surface area (Å²) in [6.45, 7) is 3.87. The van der Waals surface area contributed by atoms with Crippen LogP contribution in [0.15, 0.2) is 22.7 Å². The van der Waals surface area contributed by atoms with Crippen molar-refractivity contribution in [3.05, 3.63) is 44.0 Å². The molecular weight excluding hydrogens is 337 g/mol. The largest absolute Gasteiger partial charge is 0.383 e. The molecule has 0 aliphatic heterocycles. The first-order valence-electron chi connectivity index (χ1n) is 5.37. The van der Waals surface area contributed by atoms with E-state index >= 15 is 0 Å². The smallest absolute Gasteiger partial charge is 0.137 e. The standard InChI is InChI=1S/C12H12BrCl2N3/c1-6-10(13)12(16)18(17-6)7(2)8-4-3-5-9(14)11(8)15/h3-5,7H,16H2,1-2H3. The highest BCUT2D eigenvalue weighted by molar-refractivity contribution is 9.10. The summed E-state index contributed by atoms with van der Waals surface area (Å²) in [4.78, 5) is 0. The van der Waals surface area contributed by atoms with E-state index in [1.165, 1.54) is 0 Å². The second-order valence-corrected chi connectivity index (χ2v) is 5.63. The lowest BCUT2D eigenvalue weighted by molar-refractivity contribution is 0.569. The Morgan fingerprint density at radius 1 is 1.39 bits per heavy atom. The van der Waals surface area contributed by atoms with Crippen LogP contribution >= 0.6 is 39.1 Å². The molecule has 0 aliphatic rings. The fraction of sp³-hybridized carbons (Fsp3) is 0.250. The van der Waals surface area contributed by atoms with Crippen molar-refractivity contribution in [3.8, 4) is 0 Å². The molecule has 96 valence electrons.